The van der Waals surface area contributed by atoms with E-state index in [1.54, 1.807) is 0 Å². The number of carbonyl (C=O) groups is 1. The number of alkyl halides is 1. The van der Waals surface area contributed by atoms with Crippen LogP contribution in [0.2, 0.25) is 0 Å². The average molecular weight is 296 g/mol. The van der Waals surface area contributed by atoms with Crippen molar-refractivity contribution in [1.29, 1.82) is 0 Å². The van der Waals surface area contributed by atoms with E-state index in [2.05, 4.69) is 13.8 Å². The van der Waals surface area contributed by atoms with Crippen LogP contribution in [0.3, 0.4) is 0 Å². The number of rotatable bonds is 7. The second-order valence-electron chi connectivity index (χ2n) is 5.65. The summed E-state index contributed by atoms with van der Waals surface area (Å²) in [6.07, 6.45) is 1.92. The molecule has 20 heavy (non-hydrogen) atoms. The Kier molecular flexibility index (Phi) is 6.54. The summed E-state index contributed by atoms with van der Waals surface area (Å²) in [6.45, 7) is 8.85. The van der Waals surface area contributed by atoms with Crippen molar-refractivity contribution in [2.75, 3.05) is 12.4 Å². The molecule has 0 unspecified atom stereocenters. The van der Waals surface area contributed by atoms with Crippen LogP contribution in [-0.4, -0.2) is 29.3 Å². The van der Waals surface area contributed by atoms with E-state index in [0.29, 0.717) is 12.4 Å². The Bertz CT molecular complexity index is 412. The van der Waals surface area contributed by atoms with E-state index in [4.69, 9.17) is 11.6 Å². The van der Waals surface area contributed by atoms with Crippen LogP contribution in [0.5, 0.6) is 0 Å². The number of hydrogen-bond donors (Lipinski definition) is 0. The van der Waals surface area contributed by atoms with Gasteiger partial charge in [-0.15, -0.1) is 11.6 Å². The Hall–Kier alpha value is -1.02. The molecule has 0 bridgehead atoms. The highest BCUT2D eigenvalue weighted by Crippen LogP contribution is 2.27. The van der Waals surface area contributed by atoms with Gasteiger partial charge in [-0.3, -0.25) is 4.79 Å². The molecule has 0 heterocycles. The van der Waals surface area contributed by atoms with Gasteiger partial charge in [0, 0.05) is 18.5 Å². The lowest BCUT2D eigenvalue weighted by Crippen LogP contribution is -2.49. The number of carbonyl (C=O) groups excluding carboxylic acids is 1. The van der Waals surface area contributed by atoms with Crippen molar-refractivity contribution in [3.05, 3.63) is 35.9 Å². The van der Waals surface area contributed by atoms with E-state index >= 15 is 0 Å². The summed E-state index contributed by atoms with van der Waals surface area (Å²) in [6, 6.07) is 10.2. The first-order chi connectivity index (χ1) is 9.48. The molecule has 0 N–H and O–H groups in total. The van der Waals surface area contributed by atoms with E-state index in [0.717, 1.165) is 18.4 Å². The van der Waals surface area contributed by atoms with Crippen molar-refractivity contribution < 1.29 is 4.79 Å². The number of benzene rings is 1. The van der Waals surface area contributed by atoms with Crippen molar-refractivity contribution in [1.82, 2.24) is 4.90 Å². The van der Waals surface area contributed by atoms with E-state index < -0.39 is 5.41 Å². The molecule has 0 radical (unpaired) electrons. The number of nitrogens with zero attached hydrogens (tertiary/aromatic N) is 1. The first kappa shape index (κ1) is 17.0. The van der Waals surface area contributed by atoms with E-state index in [1.807, 2.05) is 49.1 Å². The maximum Gasteiger partial charge on any atom is 0.232 e. The number of amides is 1. The Morgan fingerprint density at radius 3 is 2.20 bits per heavy atom. The third kappa shape index (κ3) is 3.76. The minimum atomic E-state index is -0.518. The van der Waals surface area contributed by atoms with Crippen LogP contribution < -0.4 is 0 Å². The second-order valence-corrected chi connectivity index (χ2v) is 6.03. The standard InChI is InChI=1S/C17H26ClNO/c1-5-15(6-2)19(13-12-18)16(20)17(3,4)14-10-8-7-9-11-14/h7-11,15H,5-6,12-13H2,1-4H3. The maximum absolute atomic E-state index is 13.0. The molecular weight excluding hydrogens is 270 g/mol. The minimum absolute atomic E-state index is 0.165. The molecule has 0 spiro atoms. The van der Waals surface area contributed by atoms with Crippen molar-refractivity contribution in [3.8, 4) is 0 Å². The SMILES string of the molecule is CCC(CC)N(CCCl)C(=O)C(C)(C)c1ccccc1. The molecule has 3 heteroatoms. The molecule has 1 amide bonds. The van der Waals surface area contributed by atoms with Crippen LogP contribution in [0, 0.1) is 0 Å². The quantitative estimate of drug-likeness (QED) is 0.690. The maximum atomic E-state index is 13.0. The fourth-order valence-electron chi connectivity index (χ4n) is 2.61. The van der Waals surface area contributed by atoms with Gasteiger partial charge in [-0.2, -0.15) is 0 Å². The van der Waals surface area contributed by atoms with Crippen molar-refractivity contribution in [2.24, 2.45) is 0 Å². The molecule has 0 aliphatic carbocycles. The van der Waals surface area contributed by atoms with E-state index in [1.165, 1.54) is 0 Å². The number of hydrogen-bond acceptors (Lipinski definition) is 1. The molecule has 1 aromatic rings. The molecule has 1 rings (SSSR count). The highest BCUT2D eigenvalue weighted by Gasteiger charge is 2.35. The van der Waals surface area contributed by atoms with Crippen molar-refractivity contribution >= 4 is 17.5 Å². The zero-order valence-corrected chi connectivity index (χ0v) is 13.8. The summed E-state index contributed by atoms with van der Waals surface area (Å²) in [5.74, 6) is 0.644. The predicted molar refractivity (Wildman–Crippen MR) is 86.3 cm³/mol. The summed E-state index contributed by atoms with van der Waals surface area (Å²) in [5.41, 5.74) is 0.533. The van der Waals surface area contributed by atoms with Gasteiger partial charge >= 0.3 is 0 Å². The van der Waals surface area contributed by atoms with Crippen LogP contribution in [0.4, 0.5) is 0 Å². The largest absolute Gasteiger partial charge is 0.338 e. The molecule has 0 saturated carbocycles. The molecule has 0 aliphatic rings. The summed E-state index contributed by atoms with van der Waals surface area (Å²) in [7, 11) is 0. The predicted octanol–water partition coefficient (Wildman–Crippen LogP) is 4.22. The van der Waals surface area contributed by atoms with Gasteiger partial charge < -0.3 is 4.90 Å². The first-order valence-electron chi connectivity index (χ1n) is 7.41. The average Bonchev–Trinajstić information content (AvgIpc) is 2.47. The molecule has 2 nitrogen and oxygen atoms in total. The molecule has 112 valence electrons. The van der Waals surface area contributed by atoms with Gasteiger partial charge in [-0.05, 0) is 32.3 Å². The Balaban J connectivity index is 3.04. The topological polar surface area (TPSA) is 20.3 Å². The molecule has 0 fully saturated rings. The van der Waals surface area contributed by atoms with Gasteiger partial charge in [0.05, 0.1) is 5.41 Å². The molecular formula is C17H26ClNO. The lowest BCUT2D eigenvalue weighted by Gasteiger charge is -2.37. The van der Waals surface area contributed by atoms with Crippen molar-refractivity contribution in [3.63, 3.8) is 0 Å². The number of halogens is 1. The molecule has 1 aromatic carbocycles. The lowest BCUT2D eigenvalue weighted by molar-refractivity contribution is -0.138. The Labute approximate surface area is 128 Å². The summed E-state index contributed by atoms with van der Waals surface area (Å²) in [5, 5.41) is 0. The van der Waals surface area contributed by atoms with Crippen LogP contribution >= 0.6 is 11.6 Å². The highest BCUT2D eigenvalue weighted by molar-refractivity contribution is 6.18. The Morgan fingerprint density at radius 2 is 1.75 bits per heavy atom. The smallest absolute Gasteiger partial charge is 0.232 e. The fraction of sp³-hybridized carbons (Fsp3) is 0.588. The van der Waals surface area contributed by atoms with Gasteiger partial charge in [0.25, 0.3) is 0 Å². The Morgan fingerprint density at radius 1 is 1.20 bits per heavy atom. The first-order valence-corrected chi connectivity index (χ1v) is 7.95. The van der Waals surface area contributed by atoms with E-state index in [9.17, 15) is 4.79 Å². The third-order valence-electron chi connectivity index (χ3n) is 4.00. The summed E-state index contributed by atoms with van der Waals surface area (Å²) in [4.78, 5) is 14.9. The summed E-state index contributed by atoms with van der Waals surface area (Å²) < 4.78 is 0. The van der Waals surface area contributed by atoms with Crippen LogP contribution in [0.1, 0.15) is 46.1 Å². The van der Waals surface area contributed by atoms with Crippen LogP contribution in [0.25, 0.3) is 0 Å². The third-order valence-corrected chi connectivity index (χ3v) is 4.17. The molecule has 0 saturated heterocycles. The molecule has 0 aromatic heterocycles. The highest BCUT2D eigenvalue weighted by atomic mass is 35.5. The minimum Gasteiger partial charge on any atom is -0.338 e. The zero-order valence-electron chi connectivity index (χ0n) is 13.0. The van der Waals surface area contributed by atoms with Gasteiger partial charge in [-0.1, -0.05) is 44.2 Å². The van der Waals surface area contributed by atoms with E-state index in [-0.39, 0.29) is 11.9 Å². The van der Waals surface area contributed by atoms with Crippen LogP contribution in [-0.2, 0) is 10.2 Å². The monoisotopic (exact) mass is 295 g/mol. The second kappa shape index (κ2) is 7.68. The van der Waals surface area contributed by atoms with Crippen molar-refractivity contribution in [2.45, 2.75) is 52.0 Å². The summed E-state index contributed by atoms with van der Waals surface area (Å²) >= 11 is 5.90. The normalized spacial score (nSPS) is 11.7. The fourth-order valence-corrected chi connectivity index (χ4v) is 2.79. The van der Waals surface area contributed by atoms with Crippen LogP contribution in [0.15, 0.2) is 30.3 Å². The lowest BCUT2D eigenvalue weighted by atomic mass is 9.82. The zero-order chi connectivity index (χ0) is 15.2. The van der Waals surface area contributed by atoms with Gasteiger partial charge in [-0.25, -0.2) is 0 Å². The molecule has 0 atom stereocenters. The van der Waals surface area contributed by atoms with Gasteiger partial charge in [0.1, 0.15) is 0 Å². The van der Waals surface area contributed by atoms with Gasteiger partial charge in [0.2, 0.25) is 5.91 Å². The molecule has 0 aliphatic heterocycles. The van der Waals surface area contributed by atoms with Gasteiger partial charge in [0.15, 0.2) is 0 Å².